The van der Waals surface area contributed by atoms with Crippen molar-refractivity contribution in [3.63, 3.8) is 0 Å². The van der Waals surface area contributed by atoms with E-state index in [1.165, 1.54) is 0 Å². The Bertz CT molecular complexity index is 417. The SMILES string of the molecule is O=C(NCC1CCC(O)CC1)c1cccc(Cl)n1. The molecule has 2 N–H and O–H groups in total. The fourth-order valence-corrected chi connectivity index (χ4v) is 2.38. The standard InChI is InChI=1S/C13H17ClN2O2/c14-12-3-1-2-11(16-12)13(18)15-8-9-4-6-10(17)7-5-9/h1-3,9-10,17H,4-8H2,(H,15,18). The largest absolute Gasteiger partial charge is 0.393 e. The molecule has 1 aromatic rings. The average molecular weight is 269 g/mol. The molecule has 0 aromatic carbocycles. The van der Waals surface area contributed by atoms with Gasteiger partial charge >= 0.3 is 0 Å². The van der Waals surface area contributed by atoms with Crippen LogP contribution in [0.3, 0.4) is 0 Å². The molecular formula is C13H17ClN2O2. The Balaban J connectivity index is 1.81. The Labute approximate surface area is 111 Å². The normalized spacial score (nSPS) is 23.7. The highest BCUT2D eigenvalue weighted by Crippen LogP contribution is 2.23. The van der Waals surface area contributed by atoms with E-state index in [1.807, 2.05) is 0 Å². The summed E-state index contributed by atoms with van der Waals surface area (Å²) in [5.74, 6) is 0.264. The van der Waals surface area contributed by atoms with E-state index in [9.17, 15) is 9.90 Å². The van der Waals surface area contributed by atoms with Crippen molar-refractivity contribution in [2.45, 2.75) is 31.8 Å². The van der Waals surface area contributed by atoms with Gasteiger partial charge in [0.2, 0.25) is 0 Å². The van der Waals surface area contributed by atoms with Crippen molar-refractivity contribution in [3.05, 3.63) is 29.0 Å². The summed E-state index contributed by atoms with van der Waals surface area (Å²) in [6.07, 6.45) is 3.42. The van der Waals surface area contributed by atoms with Crippen molar-refractivity contribution in [3.8, 4) is 0 Å². The van der Waals surface area contributed by atoms with Gasteiger partial charge in [0.25, 0.3) is 5.91 Å². The molecule has 1 aliphatic carbocycles. The second-order valence-corrected chi connectivity index (χ2v) is 5.12. The summed E-state index contributed by atoms with van der Waals surface area (Å²) < 4.78 is 0. The number of aliphatic hydroxyl groups is 1. The number of hydrogen-bond donors (Lipinski definition) is 2. The number of carbonyl (C=O) groups is 1. The van der Waals surface area contributed by atoms with Crippen LogP contribution in [0, 0.1) is 5.92 Å². The molecule has 1 amide bonds. The molecule has 98 valence electrons. The monoisotopic (exact) mass is 268 g/mol. The quantitative estimate of drug-likeness (QED) is 0.825. The van der Waals surface area contributed by atoms with Crippen molar-refractivity contribution in [1.29, 1.82) is 0 Å². The van der Waals surface area contributed by atoms with Crippen LogP contribution >= 0.6 is 11.6 Å². The smallest absolute Gasteiger partial charge is 0.269 e. The van der Waals surface area contributed by atoms with Crippen LogP contribution in [-0.4, -0.2) is 28.6 Å². The van der Waals surface area contributed by atoms with E-state index in [2.05, 4.69) is 10.3 Å². The molecule has 1 saturated carbocycles. The molecule has 0 atom stereocenters. The summed E-state index contributed by atoms with van der Waals surface area (Å²) in [7, 11) is 0. The zero-order chi connectivity index (χ0) is 13.0. The van der Waals surface area contributed by atoms with Gasteiger partial charge in [0.05, 0.1) is 6.10 Å². The minimum atomic E-state index is -0.191. The number of hydrogen-bond acceptors (Lipinski definition) is 3. The number of nitrogens with one attached hydrogen (secondary N) is 1. The molecule has 0 spiro atoms. The second kappa shape index (κ2) is 6.16. The van der Waals surface area contributed by atoms with Gasteiger partial charge in [0.15, 0.2) is 0 Å². The van der Waals surface area contributed by atoms with Crippen molar-refractivity contribution >= 4 is 17.5 Å². The van der Waals surface area contributed by atoms with Gasteiger partial charge in [-0.2, -0.15) is 0 Å². The number of pyridine rings is 1. The van der Waals surface area contributed by atoms with Crippen LogP contribution in [0.15, 0.2) is 18.2 Å². The molecule has 0 aliphatic heterocycles. The molecule has 1 aliphatic rings. The van der Waals surface area contributed by atoms with Crippen LogP contribution in [0.4, 0.5) is 0 Å². The summed E-state index contributed by atoms with van der Waals surface area (Å²) in [5.41, 5.74) is 0.346. The molecule has 2 rings (SSSR count). The van der Waals surface area contributed by atoms with E-state index in [4.69, 9.17) is 11.6 Å². The Morgan fingerprint density at radius 2 is 2.11 bits per heavy atom. The van der Waals surface area contributed by atoms with Gasteiger partial charge in [-0.1, -0.05) is 17.7 Å². The first-order valence-corrected chi connectivity index (χ1v) is 6.62. The minimum Gasteiger partial charge on any atom is -0.393 e. The van der Waals surface area contributed by atoms with Crippen LogP contribution < -0.4 is 5.32 Å². The number of halogens is 1. The molecule has 1 aromatic heterocycles. The Morgan fingerprint density at radius 1 is 1.39 bits per heavy atom. The lowest BCUT2D eigenvalue weighted by molar-refractivity contribution is 0.0906. The van der Waals surface area contributed by atoms with Gasteiger partial charge in [0.1, 0.15) is 10.8 Å². The summed E-state index contributed by atoms with van der Waals surface area (Å²) in [5, 5.41) is 12.6. The summed E-state index contributed by atoms with van der Waals surface area (Å²) in [6.45, 7) is 0.639. The minimum absolute atomic E-state index is 0.161. The first kappa shape index (κ1) is 13.3. The fraction of sp³-hybridized carbons (Fsp3) is 0.538. The molecule has 4 nitrogen and oxygen atoms in total. The molecule has 5 heteroatoms. The molecule has 1 fully saturated rings. The third-order valence-corrected chi connectivity index (χ3v) is 3.53. The summed E-state index contributed by atoms with van der Waals surface area (Å²) >= 11 is 5.73. The number of rotatable bonds is 3. The zero-order valence-electron chi connectivity index (χ0n) is 10.1. The van der Waals surface area contributed by atoms with E-state index in [-0.39, 0.29) is 12.0 Å². The fourth-order valence-electron chi connectivity index (χ4n) is 2.21. The van der Waals surface area contributed by atoms with Crippen LogP contribution in [-0.2, 0) is 0 Å². The highest BCUT2D eigenvalue weighted by molar-refractivity contribution is 6.29. The van der Waals surface area contributed by atoms with Crippen LogP contribution in [0.5, 0.6) is 0 Å². The third-order valence-electron chi connectivity index (χ3n) is 3.32. The topological polar surface area (TPSA) is 62.2 Å². The van der Waals surface area contributed by atoms with Crippen molar-refractivity contribution in [2.75, 3.05) is 6.54 Å². The predicted molar refractivity (Wildman–Crippen MR) is 69.5 cm³/mol. The molecule has 0 bridgehead atoms. The van der Waals surface area contributed by atoms with E-state index in [1.54, 1.807) is 18.2 Å². The molecule has 0 unspecified atom stereocenters. The number of aliphatic hydroxyl groups excluding tert-OH is 1. The van der Waals surface area contributed by atoms with E-state index in [0.717, 1.165) is 25.7 Å². The van der Waals surface area contributed by atoms with Gasteiger partial charge in [-0.15, -0.1) is 0 Å². The van der Waals surface area contributed by atoms with Crippen molar-refractivity contribution in [2.24, 2.45) is 5.92 Å². The van der Waals surface area contributed by atoms with E-state index in [0.29, 0.717) is 23.3 Å². The maximum absolute atomic E-state index is 11.8. The second-order valence-electron chi connectivity index (χ2n) is 4.73. The van der Waals surface area contributed by atoms with Gasteiger partial charge in [-0.3, -0.25) is 4.79 Å². The molecule has 18 heavy (non-hydrogen) atoms. The number of carbonyl (C=O) groups excluding carboxylic acids is 1. The maximum atomic E-state index is 11.8. The third kappa shape index (κ3) is 3.68. The summed E-state index contributed by atoms with van der Waals surface area (Å²) in [6, 6.07) is 4.99. The average Bonchev–Trinajstić information content (AvgIpc) is 2.38. The highest BCUT2D eigenvalue weighted by Gasteiger charge is 2.20. The van der Waals surface area contributed by atoms with Crippen LogP contribution in [0.25, 0.3) is 0 Å². The first-order chi connectivity index (χ1) is 8.65. The lowest BCUT2D eigenvalue weighted by Crippen LogP contribution is -2.32. The van der Waals surface area contributed by atoms with Gasteiger partial charge in [-0.05, 0) is 43.7 Å². The zero-order valence-corrected chi connectivity index (χ0v) is 10.9. The maximum Gasteiger partial charge on any atom is 0.269 e. The molecule has 0 radical (unpaired) electrons. The summed E-state index contributed by atoms with van der Waals surface area (Å²) in [4.78, 5) is 15.8. The Morgan fingerprint density at radius 3 is 2.78 bits per heavy atom. The Hall–Kier alpha value is -1.13. The van der Waals surface area contributed by atoms with E-state index >= 15 is 0 Å². The van der Waals surface area contributed by atoms with Crippen LogP contribution in [0.2, 0.25) is 5.15 Å². The molecule has 0 saturated heterocycles. The highest BCUT2D eigenvalue weighted by atomic mass is 35.5. The van der Waals surface area contributed by atoms with Crippen molar-refractivity contribution < 1.29 is 9.90 Å². The lowest BCUT2D eigenvalue weighted by atomic mass is 9.87. The molecule has 1 heterocycles. The Kier molecular flexibility index (Phi) is 4.55. The van der Waals surface area contributed by atoms with Gasteiger partial charge in [-0.25, -0.2) is 4.98 Å². The van der Waals surface area contributed by atoms with Gasteiger partial charge < -0.3 is 10.4 Å². The number of aromatic nitrogens is 1. The van der Waals surface area contributed by atoms with Gasteiger partial charge in [0, 0.05) is 6.54 Å². The lowest BCUT2D eigenvalue weighted by Gasteiger charge is -2.25. The first-order valence-electron chi connectivity index (χ1n) is 6.24. The predicted octanol–water partition coefficient (Wildman–Crippen LogP) is 2.02. The molecular weight excluding hydrogens is 252 g/mol. The number of amides is 1. The van der Waals surface area contributed by atoms with Crippen LogP contribution in [0.1, 0.15) is 36.2 Å². The van der Waals surface area contributed by atoms with E-state index < -0.39 is 0 Å². The number of nitrogens with zero attached hydrogens (tertiary/aromatic N) is 1. The van der Waals surface area contributed by atoms with Crippen molar-refractivity contribution in [1.82, 2.24) is 10.3 Å².